The number of nitrogens with zero attached hydrogens (tertiary/aromatic N) is 1. The number of unbranched alkanes of at least 4 members (excludes halogenated alkanes) is 6. The van der Waals surface area contributed by atoms with Crippen LogP contribution in [0.5, 0.6) is 0 Å². The third-order valence-corrected chi connectivity index (χ3v) is 4.31. The average Bonchev–Trinajstić information content (AvgIpc) is 2.37. The first kappa shape index (κ1) is 21.0. The van der Waals surface area contributed by atoms with Crippen LogP contribution in [0.2, 0.25) is 0 Å². The van der Waals surface area contributed by atoms with Gasteiger partial charge in [0.15, 0.2) is 0 Å². The second-order valence-corrected chi connectivity index (χ2v) is 5.54. The monoisotopic (exact) mass is 369 g/mol. The molecule has 0 spiro atoms. The topological polar surface area (TPSA) is 0 Å². The Morgan fingerprint density at radius 1 is 0.556 bits per heavy atom. The molecule has 0 amide bonds. The molecular formula is C16H36IN. The Balaban J connectivity index is 0. The van der Waals surface area contributed by atoms with Crippen molar-refractivity contribution in [3.63, 3.8) is 0 Å². The van der Waals surface area contributed by atoms with E-state index in [1.54, 1.807) is 0 Å². The molecule has 0 unspecified atom stereocenters. The summed E-state index contributed by atoms with van der Waals surface area (Å²) >= 11 is 0. The summed E-state index contributed by atoms with van der Waals surface area (Å²) in [7, 11) is 0. The third-order valence-electron chi connectivity index (χ3n) is 4.31. The van der Waals surface area contributed by atoms with E-state index in [0.717, 1.165) is 0 Å². The van der Waals surface area contributed by atoms with Crippen molar-refractivity contribution in [2.24, 2.45) is 0 Å². The van der Waals surface area contributed by atoms with E-state index >= 15 is 0 Å². The Labute approximate surface area is 133 Å². The molecule has 2 heteroatoms. The summed E-state index contributed by atoms with van der Waals surface area (Å²) in [6.45, 7) is 14.8. The lowest BCUT2D eigenvalue weighted by Gasteiger charge is -2.37. The van der Waals surface area contributed by atoms with E-state index in [1.807, 2.05) is 0 Å². The van der Waals surface area contributed by atoms with Crippen LogP contribution in [0.4, 0.5) is 0 Å². The number of hydrogen-bond donors (Lipinski definition) is 0. The van der Waals surface area contributed by atoms with Crippen LogP contribution >= 0.6 is 0 Å². The first-order valence-corrected chi connectivity index (χ1v) is 8.09. The van der Waals surface area contributed by atoms with Crippen molar-refractivity contribution in [3.8, 4) is 0 Å². The van der Waals surface area contributed by atoms with Crippen LogP contribution in [0.1, 0.15) is 79.1 Å². The summed E-state index contributed by atoms with van der Waals surface area (Å²) in [5.74, 6) is 0. The predicted molar refractivity (Wildman–Crippen MR) is 79.4 cm³/mol. The van der Waals surface area contributed by atoms with Gasteiger partial charge in [0, 0.05) is 0 Å². The van der Waals surface area contributed by atoms with Crippen LogP contribution in [-0.2, 0) is 0 Å². The second kappa shape index (κ2) is 14.1. The molecule has 0 aromatic rings. The zero-order valence-electron chi connectivity index (χ0n) is 13.3. The summed E-state index contributed by atoms with van der Waals surface area (Å²) in [6.07, 6.45) is 11.3. The fourth-order valence-corrected chi connectivity index (χ4v) is 2.72. The van der Waals surface area contributed by atoms with Crippen LogP contribution in [0, 0.1) is 0 Å². The minimum absolute atomic E-state index is 0. The van der Waals surface area contributed by atoms with Crippen molar-refractivity contribution in [1.29, 1.82) is 0 Å². The summed E-state index contributed by atoms with van der Waals surface area (Å²) < 4.78 is 1.37. The van der Waals surface area contributed by atoms with Crippen molar-refractivity contribution < 1.29 is 28.5 Å². The third kappa shape index (κ3) is 9.60. The minimum Gasteiger partial charge on any atom is -1.00 e. The quantitative estimate of drug-likeness (QED) is 0.281. The van der Waals surface area contributed by atoms with Gasteiger partial charge in [-0.15, -0.1) is 0 Å². The first-order valence-electron chi connectivity index (χ1n) is 8.09. The van der Waals surface area contributed by atoms with Gasteiger partial charge in [0.05, 0.1) is 26.2 Å². The van der Waals surface area contributed by atoms with Crippen LogP contribution in [0.25, 0.3) is 0 Å². The number of quaternary nitrogens is 1. The fraction of sp³-hybridized carbons (Fsp3) is 1.00. The molecule has 0 fully saturated rings. The highest BCUT2D eigenvalue weighted by molar-refractivity contribution is 4.47. The standard InChI is InChI=1S/C16H36N.HI/c1-5-9-11-13-15-17(7-3,8-4)16-14-12-10-6-2;/h5-16H2,1-4H3;1H/q+1;/p-1. The van der Waals surface area contributed by atoms with Gasteiger partial charge in [-0.1, -0.05) is 39.5 Å². The number of rotatable bonds is 12. The summed E-state index contributed by atoms with van der Waals surface area (Å²) in [6, 6.07) is 0. The van der Waals surface area contributed by atoms with Gasteiger partial charge in [0.25, 0.3) is 0 Å². The molecule has 0 radical (unpaired) electrons. The van der Waals surface area contributed by atoms with Crippen LogP contribution in [-0.4, -0.2) is 30.7 Å². The van der Waals surface area contributed by atoms with Gasteiger partial charge < -0.3 is 28.5 Å². The maximum Gasteiger partial charge on any atom is 0.0786 e. The van der Waals surface area contributed by atoms with Crippen molar-refractivity contribution in [3.05, 3.63) is 0 Å². The molecule has 0 aromatic carbocycles. The lowest BCUT2D eigenvalue weighted by Crippen LogP contribution is -3.00. The molecule has 0 aliphatic rings. The van der Waals surface area contributed by atoms with Crippen molar-refractivity contribution in [1.82, 2.24) is 0 Å². The molecule has 0 aromatic heterocycles. The van der Waals surface area contributed by atoms with Gasteiger partial charge in [-0.05, 0) is 39.5 Å². The molecule has 0 aliphatic carbocycles. The maximum absolute atomic E-state index is 2.38. The minimum atomic E-state index is 0. The Bertz CT molecular complexity index is 141. The fourth-order valence-electron chi connectivity index (χ4n) is 2.72. The highest BCUT2D eigenvalue weighted by Gasteiger charge is 2.21. The first-order chi connectivity index (χ1) is 8.24. The molecule has 0 atom stereocenters. The lowest BCUT2D eigenvalue weighted by atomic mass is 10.1. The van der Waals surface area contributed by atoms with Gasteiger partial charge >= 0.3 is 0 Å². The lowest BCUT2D eigenvalue weighted by molar-refractivity contribution is -0.925. The van der Waals surface area contributed by atoms with Crippen molar-refractivity contribution >= 4 is 0 Å². The van der Waals surface area contributed by atoms with E-state index in [-0.39, 0.29) is 24.0 Å². The summed E-state index contributed by atoms with van der Waals surface area (Å²) in [4.78, 5) is 0. The molecule has 0 rings (SSSR count). The second-order valence-electron chi connectivity index (χ2n) is 5.54. The normalized spacial score (nSPS) is 11.3. The van der Waals surface area contributed by atoms with E-state index in [9.17, 15) is 0 Å². The molecule has 1 nitrogen and oxygen atoms in total. The molecule has 0 aliphatic heterocycles. The number of halogens is 1. The van der Waals surface area contributed by atoms with Crippen LogP contribution < -0.4 is 24.0 Å². The van der Waals surface area contributed by atoms with E-state index in [0.29, 0.717) is 0 Å². The largest absolute Gasteiger partial charge is 1.00 e. The highest BCUT2D eigenvalue weighted by atomic mass is 127. The molecule has 0 bridgehead atoms. The van der Waals surface area contributed by atoms with Gasteiger partial charge in [-0.2, -0.15) is 0 Å². The van der Waals surface area contributed by atoms with E-state index in [2.05, 4.69) is 27.7 Å². The Kier molecular flexibility index (Phi) is 16.5. The molecular weight excluding hydrogens is 333 g/mol. The van der Waals surface area contributed by atoms with Crippen LogP contribution in [0.15, 0.2) is 0 Å². The molecule has 0 saturated heterocycles. The van der Waals surface area contributed by atoms with E-state index in [4.69, 9.17) is 0 Å². The summed E-state index contributed by atoms with van der Waals surface area (Å²) in [5, 5.41) is 0. The van der Waals surface area contributed by atoms with Gasteiger partial charge in [0.2, 0.25) is 0 Å². The van der Waals surface area contributed by atoms with Gasteiger partial charge in [0.1, 0.15) is 0 Å². The Morgan fingerprint density at radius 3 is 1.22 bits per heavy atom. The maximum atomic E-state index is 2.38. The Morgan fingerprint density at radius 2 is 0.944 bits per heavy atom. The highest BCUT2D eigenvalue weighted by Crippen LogP contribution is 2.14. The molecule has 0 saturated carbocycles. The van der Waals surface area contributed by atoms with Crippen molar-refractivity contribution in [2.45, 2.75) is 79.1 Å². The molecule has 112 valence electrons. The zero-order chi connectivity index (χ0) is 13.0. The number of hydrogen-bond acceptors (Lipinski definition) is 0. The summed E-state index contributed by atoms with van der Waals surface area (Å²) in [5.41, 5.74) is 0. The van der Waals surface area contributed by atoms with E-state index < -0.39 is 0 Å². The predicted octanol–water partition coefficient (Wildman–Crippen LogP) is 2.01. The van der Waals surface area contributed by atoms with Crippen LogP contribution in [0.3, 0.4) is 0 Å². The van der Waals surface area contributed by atoms with Gasteiger partial charge in [-0.25, -0.2) is 0 Å². The van der Waals surface area contributed by atoms with Gasteiger partial charge in [-0.3, -0.25) is 0 Å². The zero-order valence-corrected chi connectivity index (χ0v) is 15.5. The van der Waals surface area contributed by atoms with Crippen molar-refractivity contribution in [2.75, 3.05) is 26.2 Å². The Hall–Kier alpha value is 0.690. The average molecular weight is 369 g/mol. The molecule has 0 N–H and O–H groups in total. The SMILES string of the molecule is CCCCCC[N+](CC)(CC)CCCCCC.[I-]. The smallest absolute Gasteiger partial charge is 0.0786 e. The van der Waals surface area contributed by atoms with E-state index in [1.165, 1.54) is 82.0 Å². The molecule has 18 heavy (non-hydrogen) atoms. The molecule has 0 heterocycles.